The molecule has 34 heavy (non-hydrogen) atoms. The number of Topliss-reactive ketones (excluding diaryl/α,β-unsaturated/α-hetero) is 1. The molecule has 2 atom stereocenters. The van der Waals surface area contributed by atoms with Gasteiger partial charge in [0.05, 0.1) is 12.1 Å². The zero-order valence-corrected chi connectivity index (χ0v) is 21.1. The Morgan fingerprint density at radius 2 is 1.79 bits per heavy atom. The number of hydrogen-bond donors (Lipinski definition) is 1. The second-order valence-electron chi connectivity index (χ2n) is 10.9. The summed E-state index contributed by atoms with van der Waals surface area (Å²) in [6, 6.07) is 9.25. The molecule has 1 aliphatic carbocycles. The van der Waals surface area contributed by atoms with Gasteiger partial charge in [-0.2, -0.15) is 5.26 Å². The molecule has 0 bridgehead atoms. The predicted octanol–water partition coefficient (Wildman–Crippen LogP) is 4.85. The normalized spacial score (nSPS) is 20.5. The van der Waals surface area contributed by atoms with E-state index >= 15 is 0 Å². The van der Waals surface area contributed by atoms with Crippen LogP contribution in [0.3, 0.4) is 0 Å². The zero-order valence-electron chi connectivity index (χ0n) is 21.1. The molecular weight excluding hydrogens is 426 g/mol. The van der Waals surface area contributed by atoms with Gasteiger partial charge in [0.1, 0.15) is 5.41 Å². The first-order chi connectivity index (χ1) is 16.1. The van der Waals surface area contributed by atoms with Crippen LogP contribution in [-0.4, -0.2) is 41.6 Å². The van der Waals surface area contributed by atoms with E-state index in [2.05, 4.69) is 11.4 Å². The van der Waals surface area contributed by atoms with Crippen LogP contribution in [0.25, 0.3) is 0 Å². The summed E-state index contributed by atoms with van der Waals surface area (Å²) in [7, 11) is 0. The average Bonchev–Trinajstić information content (AvgIpc) is 2.86. The SMILES string of the molecule is CC(C)C(=O)[C@H](NC(=O)c1cccc(C2CCCN(C(=O)C(C)(C)C#N)C2)c1)C1CCCCC1. The van der Waals surface area contributed by atoms with Crippen molar-refractivity contribution in [2.24, 2.45) is 17.3 Å². The maximum absolute atomic E-state index is 13.2. The Morgan fingerprint density at radius 3 is 2.44 bits per heavy atom. The van der Waals surface area contributed by atoms with E-state index in [0.29, 0.717) is 18.7 Å². The Hall–Kier alpha value is -2.68. The van der Waals surface area contributed by atoms with Crippen LogP contribution in [0.15, 0.2) is 24.3 Å². The highest BCUT2D eigenvalue weighted by atomic mass is 16.2. The van der Waals surface area contributed by atoms with Gasteiger partial charge >= 0.3 is 0 Å². The number of benzene rings is 1. The van der Waals surface area contributed by atoms with Gasteiger partial charge in [-0.25, -0.2) is 0 Å². The molecule has 1 aromatic rings. The van der Waals surface area contributed by atoms with Gasteiger partial charge in [0.25, 0.3) is 5.91 Å². The number of nitrogens with one attached hydrogen (secondary N) is 1. The molecular formula is C28H39N3O3. The van der Waals surface area contributed by atoms with Crippen LogP contribution in [0.2, 0.25) is 0 Å². The molecule has 1 saturated heterocycles. The lowest BCUT2D eigenvalue weighted by molar-refractivity contribution is -0.138. The fraction of sp³-hybridized carbons (Fsp3) is 0.643. The van der Waals surface area contributed by atoms with Crippen LogP contribution < -0.4 is 5.32 Å². The number of likely N-dealkylation sites (tertiary alicyclic amines) is 1. The Balaban J connectivity index is 1.74. The summed E-state index contributed by atoms with van der Waals surface area (Å²) in [6.07, 6.45) is 7.17. The molecule has 0 aromatic heterocycles. The van der Waals surface area contributed by atoms with Gasteiger partial charge in [-0.05, 0) is 63.1 Å². The van der Waals surface area contributed by atoms with Crippen molar-refractivity contribution >= 4 is 17.6 Å². The summed E-state index contributed by atoms with van der Waals surface area (Å²) in [5, 5.41) is 12.4. The summed E-state index contributed by atoms with van der Waals surface area (Å²) < 4.78 is 0. The van der Waals surface area contributed by atoms with E-state index in [4.69, 9.17) is 0 Å². The number of hydrogen-bond acceptors (Lipinski definition) is 4. The number of rotatable bonds is 7. The topological polar surface area (TPSA) is 90.3 Å². The number of carbonyl (C=O) groups excluding carboxylic acids is 3. The van der Waals surface area contributed by atoms with Gasteiger partial charge < -0.3 is 10.2 Å². The second-order valence-corrected chi connectivity index (χ2v) is 10.9. The highest BCUT2D eigenvalue weighted by Crippen LogP contribution is 2.31. The number of amides is 2. The van der Waals surface area contributed by atoms with Crippen LogP contribution in [0, 0.1) is 28.6 Å². The van der Waals surface area contributed by atoms with Crippen molar-refractivity contribution in [2.75, 3.05) is 13.1 Å². The highest BCUT2D eigenvalue weighted by Gasteiger charge is 2.35. The van der Waals surface area contributed by atoms with E-state index in [9.17, 15) is 19.6 Å². The molecule has 0 spiro atoms. The smallest absolute Gasteiger partial charge is 0.251 e. The quantitative estimate of drug-likeness (QED) is 0.623. The summed E-state index contributed by atoms with van der Waals surface area (Å²) in [6.45, 7) is 8.31. The highest BCUT2D eigenvalue weighted by molar-refractivity contribution is 5.98. The molecule has 1 aromatic carbocycles. The number of nitriles is 1. The number of ketones is 1. The first-order valence-corrected chi connectivity index (χ1v) is 12.8. The molecule has 2 fully saturated rings. The number of piperidine rings is 1. The number of carbonyl (C=O) groups is 3. The minimum atomic E-state index is -1.04. The maximum Gasteiger partial charge on any atom is 0.251 e. The van der Waals surface area contributed by atoms with Crippen molar-refractivity contribution in [2.45, 2.75) is 84.6 Å². The molecule has 0 radical (unpaired) electrons. The van der Waals surface area contributed by atoms with Crippen molar-refractivity contribution in [1.82, 2.24) is 10.2 Å². The van der Waals surface area contributed by atoms with E-state index in [1.165, 1.54) is 6.42 Å². The second kappa shape index (κ2) is 11.2. The van der Waals surface area contributed by atoms with E-state index in [1.54, 1.807) is 24.8 Å². The van der Waals surface area contributed by atoms with E-state index in [0.717, 1.165) is 44.1 Å². The van der Waals surface area contributed by atoms with Gasteiger partial charge in [-0.15, -0.1) is 0 Å². The Kier molecular flexibility index (Phi) is 8.52. The third-order valence-corrected chi connectivity index (χ3v) is 7.43. The molecule has 2 aliphatic rings. The standard InChI is InChI=1S/C28H39N3O3/c1-19(2)25(32)24(20-10-6-5-7-11-20)30-26(33)22-13-8-12-21(16-22)23-14-9-15-31(17-23)27(34)28(3,4)18-29/h8,12-13,16,19-20,23-24H,5-7,9-11,14-15,17H2,1-4H3,(H,30,33)/t23?,24-/m1/s1. The minimum Gasteiger partial charge on any atom is -0.342 e. The summed E-state index contributed by atoms with van der Waals surface area (Å²) in [5.41, 5.74) is 0.528. The van der Waals surface area contributed by atoms with Crippen molar-refractivity contribution in [3.05, 3.63) is 35.4 Å². The first kappa shape index (κ1) is 25.9. The van der Waals surface area contributed by atoms with Crippen molar-refractivity contribution in [1.29, 1.82) is 5.26 Å². The molecule has 1 unspecified atom stereocenters. The fourth-order valence-electron chi connectivity index (χ4n) is 5.28. The third kappa shape index (κ3) is 6.05. The van der Waals surface area contributed by atoms with Crippen LogP contribution in [0.5, 0.6) is 0 Å². The predicted molar refractivity (Wildman–Crippen MR) is 132 cm³/mol. The van der Waals surface area contributed by atoms with Gasteiger partial charge in [0.15, 0.2) is 5.78 Å². The minimum absolute atomic E-state index is 0.109. The lowest BCUT2D eigenvalue weighted by atomic mass is 9.80. The van der Waals surface area contributed by atoms with Gasteiger partial charge in [-0.1, -0.05) is 45.2 Å². The largest absolute Gasteiger partial charge is 0.342 e. The van der Waals surface area contributed by atoms with E-state index in [1.807, 2.05) is 32.0 Å². The Labute approximate surface area is 204 Å². The molecule has 6 heteroatoms. The average molecular weight is 466 g/mol. The molecule has 1 saturated carbocycles. The summed E-state index contributed by atoms with van der Waals surface area (Å²) >= 11 is 0. The molecule has 1 N–H and O–H groups in total. The molecule has 1 heterocycles. The van der Waals surface area contributed by atoms with Crippen molar-refractivity contribution < 1.29 is 14.4 Å². The Morgan fingerprint density at radius 1 is 1.09 bits per heavy atom. The third-order valence-electron chi connectivity index (χ3n) is 7.43. The van der Waals surface area contributed by atoms with Crippen LogP contribution >= 0.6 is 0 Å². The first-order valence-electron chi connectivity index (χ1n) is 12.8. The monoisotopic (exact) mass is 465 g/mol. The van der Waals surface area contributed by atoms with E-state index < -0.39 is 11.5 Å². The maximum atomic E-state index is 13.2. The lowest BCUT2D eigenvalue weighted by Gasteiger charge is -2.36. The van der Waals surface area contributed by atoms with Crippen LogP contribution in [-0.2, 0) is 9.59 Å². The van der Waals surface area contributed by atoms with Gasteiger partial charge in [0, 0.05) is 30.5 Å². The van der Waals surface area contributed by atoms with Crippen LogP contribution in [0.4, 0.5) is 0 Å². The number of nitrogens with zero attached hydrogens (tertiary/aromatic N) is 2. The molecule has 3 rings (SSSR count). The zero-order chi connectivity index (χ0) is 24.9. The van der Waals surface area contributed by atoms with Crippen LogP contribution in [0.1, 0.15) is 94.5 Å². The summed E-state index contributed by atoms with van der Waals surface area (Å²) in [5.74, 6) is -0.0413. The van der Waals surface area contributed by atoms with Gasteiger partial charge in [-0.3, -0.25) is 14.4 Å². The Bertz CT molecular complexity index is 940. The van der Waals surface area contributed by atoms with E-state index in [-0.39, 0.29) is 35.4 Å². The lowest BCUT2D eigenvalue weighted by Crippen LogP contribution is -2.48. The molecule has 1 aliphatic heterocycles. The van der Waals surface area contributed by atoms with Crippen molar-refractivity contribution in [3.8, 4) is 6.07 Å². The fourth-order valence-corrected chi connectivity index (χ4v) is 5.28. The summed E-state index contributed by atoms with van der Waals surface area (Å²) in [4.78, 5) is 40.8. The van der Waals surface area contributed by atoms with Crippen molar-refractivity contribution in [3.63, 3.8) is 0 Å². The molecule has 184 valence electrons. The van der Waals surface area contributed by atoms with Gasteiger partial charge in [0.2, 0.25) is 5.91 Å². The molecule has 6 nitrogen and oxygen atoms in total. The molecule has 2 amide bonds.